The molecule has 0 amide bonds. The van der Waals surface area contributed by atoms with Crippen LogP contribution in [0.15, 0.2) is 146 Å². The molecular weight excluding hydrogens is 916 g/mol. The summed E-state index contributed by atoms with van der Waals surface area (Å²) in [6.45, 7) is 16.8. The number of hydrogen-bond donors (Lipinski definition) is 0. The first kappa shape index (κ1) is 39.7. The van der Waals surface area contributed by atoms with Crippen molar-refractivity contribution >= 4 is 22.5 Å². The molecule has 6 aromatic carbocycles. The summed E-state index contributed by atoms with van der Waals surface area (Å²) in [5, 5.41) is 0. The van der Waals surface area contributed by atoms with Crippen molar-refractivity contribution in [1.29, 1.82) is 0 Å². The molecule has 0 radical (unpaired) electrons. The van der Waals surface area contributed by atoms with Gasteiger partial charge < -0.3 is 0 Å². The van der Waals surface area contributed by atoms with Crippen LogP contribution in [-0.2, 0) is 30.2 Å². The minimum absolute atomic E-state index is 0.0204. The number of hydrogen-bond acceptors (Lipinski definition) is 3. The molecule has 1 atom stereocenters. The Morgan fingerprint density at radius 1 is 0.633 bits per heavy atom. The third kappa shape index (κ3) is 7.50. The minimum atomic E-state index is -0.0623. The van der Waals surface area contributed by atoms with Crippen LogP contribution in [0, 0.1) is 15.9 Å². The number of imidazole rings is 1. The average molecular weight is 966 g/mol. The fraction of sp³-hybridized carbons (Fsp3) is 0.222. The fourth-order valence-corrected chi connectivity index (χ4v) is 9.36. The standard InChI is InChI=1S/C54H50N4O.Pt/c1-37-28-30-56(51-33-40(27-29-55-51)53(2,3)4)50-35-44(25-26-45(37)50)59-43-22-16-21-42(34-43)57-36-58(49-24-15-14-23-48(49)57)52-46(38-17-10-8-11-18-38)31-41(54(5,6)7)32-47(52)39-19-12-9-13-20-39;/h8-27,29,31-33,37H,28,30H2,1-7H3;/q-2;. The fourth-order valence-electron chi connectivity index (χ4n) is 8.29. The molecule has 8 aromatic rings. The van der Waals surface area contributed by atoms with E-state index in [1.165, 1.54) is 38.9 Å². The van der Waals surface area contributed by atoms with Gasteiger partial charge in [0.05, 0.1) is 0 Å². The van der Waals surface area contributed by atoms with E-state index in [2.05, 4.69) is 215 Å². The van der Waals surface area contributed by atoms with Crippen molar-refractivity contribution in [3.63, 3.8) is 0 Å². The van der Waals surface area contributed by atoms with E-state index in [1.54, 1.807) is 0 Å². The molecule has 60 heavy (non-hydrogen) atoms. The molecular formula is C54H50N4OPt-2. The number of ether oxygens (including phenoxy) is 1. The summed E-state index contributed by atoms with van der Waals surface area (Å²) in [5.41, 5.74) is 13.7. The Labute approximate surface area is 365 Å². The molecule has 1 aliphatic rings. The van der Waals surface area contributed by atoms with Gasteiger partial charge in [-0.25, -0.2) is 0 Å². The number of anilines is 2. The van der Waals surface area contributed by atoms with Crippen LogP contribution in [-0.4, -0.2) is 20.7 Å². The van der Waals surface area contributed by atoms with E-state index >= 15 is 0 Å². The molecule has 0 spiro atoms. The molecule has 5 nitrogen and oxygen atoms in total. The summed E-state index contributed by atoms with van der Waals surface area (Å²) >= 11 is 2.50. The van der Waals surface area contributed by atoms with Crippen LogP contribution in [0.4, 0.5) is 11.5 Å². The number of fused-ring (bicyclic) bond motifs is 2. The first-order valence-corrected chi connectivity index (χ1v) is 22.0. The van der Waals surface area contributed by atoms with Gasteiger partial charge in [0.2, 0.25) is 0 Å². The van der Waals surface area contributed by atoms with Crippen molar-refractivity contribution in [3.8, 4) is 45.1 Å². The summed E-state index contributed by atoms with van der Waals surface area (Å²) in [6, 6.07) is 57.0. The van der Waals surface area contributed by atoms with Gasteiger partial charge in [-0.2, -0.15) is 0 Å². The summed E-state index contributed by atoms with van der Waals surface area (Å²) in [4.78, 5) is 7.13. The predicted octanol–water partition coefficient (Wildman–Crippen LogP) is 13.9. The molecule has 0 N–H and O–H groups in total. The SMILES string of the molecule is CC1CCN(c2cc(C(C)(C)C)ccn2)c2[c-]c(Oc3[c-]c(-n4[c](=[Pt])n(-c5c(-c6ccccc6)cc(C(C)(C)C)cc5-c5ccccc5)c5ccccc54)ccc3)ccc21. The van der Waals surface area contributed by atoms with Crippen LogP contribution in [0.3, 0.4) is 0 Å². The summed E-state index contributed by atoms with van der Waals surface area (Å²) in [7, 11) is 0. The predicted molar refractivity (Wildman–Crippen MR) is 243 cm³/mol. The maximum atomic E-state index is 6.67. The Morgan fingerprint density at radius 2 is 1.23 bits per heavy atom. The topological polar surface area (TPSA) is 35.2 Å². The third-order valence-corrected chi connectivity index (χ3v) is 12.7. The second kappa shape index (κ2) is 15.7. The van der Waals surface area contributed by atoms with Crippen molar-refractivity contribution in [3.05, 3.63) is 178 Å². The second-order valence-electron chi connectivity index (χ2n) is 17.9. The molecule has 1 unspecified atom stereocenters. The first-order valence-electron chi connectivity index (χ1n) is 20.8. The quantitative estimate of drug-likeness (QED) is 0.149. The zero-order chi connectivity index (χ0) is 41.8. The van der Waals surface area contributed by atoms with Gasteiger partial charge in [-0.15, -0.1) is 0 Å². The van der Waals surface area contributed by atoms with Crippen molar-refractivity contribution < 1.29 is 24.1 Å². The molecule has 0 fully saturated rings. The number of para-hydroxylation sites is 2. The van der Waals surface area contributed by atoms with E-state index in [1.807, 2.05) is 24.4 Å². The van der Waals surface area contributed by atoms with E-state index in [0.29, 0.717) is 17.4 Å². The Hall–Kier alpha value is -5.77. The third-order valence-electron chi connectivity index (χ3n) is 11.7. The zero-order valence-electron chi connectivity index (χ0n) is 35.4. The van der Waals surface area contributed by atoms with Crippen LogP contribution >= 0.6 is 0 Å². The molecule has 0 bridgehead atoms. The van der Waals surface area contributed by atoms with Gasteiger partial charge in [0.1, 0.15) is 0 Å². The van der Waals surface area contributed by atoms with E-state index < -0.39 is 0 Å². The van der Waals surface area contributed by atoms with E-state index in [9.17, 15) is 0 Å². The van der Waals surface area contributed by atoms with Gasteiger partial charge in [0, 0.05) is 6.20 Å². The second-order valence-corrected chi connectivity index (χ2v) is 18.9. The van der Waals surface area contributed by atoms with Crippen LogP contribution in [0.25, 0.3) is 44.7 Å². The monoisotopic (exact) mass is 965 g/mol. The molecule has 6 heteroatoms. The van der Waals surface area contributed by atoms with Crippen LogP contribution in [0.5, 0.6) is 11.5 Å². The van der Waals surface area contributed by atoms with Gasteiger partial charge >= 0.3 is 323 Å². The maximum absolute atomic E-state index is 6.67. The van der Waals surface area contributed by atoms with Gasteiger partial charge in [-0.3, -0.25) is 0 Å². The van der Waals surface area contributed by atoms with Crippen LogP contribution in [0.1, 0.15) is 77.5 Å². The molecule has 9 rings (SSSR count). The number of aromatic nitrogens is 3. The Kier molecular flexibility index (Phi) is 10.4. The number of benzene rings is 6. The summed E-state index contributed by atoms with van der Waals surface area (Å²) in [6.07, 6.45) is 2.97. The number of rotatable bonds is 7. The van der Waals surface area contributed by atoms with Crippen molar-refractivity contribution in [2.75, 3.05) is 11.4 Å². The van der Waals surface area contributed by atoms with Crippen molar-refractivity contribution in [1.82, 2.24) is 14.1 Å². The molecule has 304 valence electrons. The van der Waals surface area contributed by atoms with Crippen molar-refractivity contribution in [2.45, 2.75) is 71.6 Å². The van der Waals surface area contributed by atoms with Gasteiger partial charge in [0.25, 0.3) is 0 Å². The van der Waals surface area contributed by atoms with Gasteiger partial charge in [0.15, 0.2) is 0 Å². The number of nitrogens with zero attached hydrogens (tertiary/aromatic N) is 4. The summed E-state index contributed by atoms with van der Waals surface area (Å²) < 4.78 is 12.4. The first-order chi connectivity index (χ1) is 28.8. The Balaban J connectivity index is 1.17. The summed E-state index contributed by atoms with van der Waals surface area (Å²) in [5.74, 6) is 2.62. The zero-order valence-corrected chi connectivity index (χ0v) is 37.6. The Bertz CT molecular complexity index is 2850. The average Bonchev–Trinajstić information content (AvgIpc) is 3.54. The molecule has 0 saturated heterocycles. The van der Waals surface area contributed by atoms with Gasteiger partial charge in [-0.1, -0.05) is 20.8 Å². The van der Waals surface area contributed by atoms with Crippen LogP contribution in [0.2, 0.25) is 0 Å². The number of pyridine rings is 1. The van der Waals surface area contributed by atoms with Crippen molar-refractivity contribution in [2.24, 2.45) is 0 Å². The van der Waals surface area contributed by atoms with E-state index in [-0.39, 0.29) is 10.8 Å². The molecule has 2 aromatic heterocycles. The van der Waals surface area contributed by atoms with Crippen LogP contribution < -0.4 is 9.64 Å². The molecule has 0 saturated carbocycles. The molecule has 3 heterocycles. The normalized spacial score (nSPS) is 14.3. The molecule has 1 aliphatic heterocycles. The van der Waals surface area contributed by atoms with E-state index in [0.717, 1.165) is 50.7 Å². The van der Waals surface area contributed by atoms with E-state index in [4.69, 9.17) is 9.72 Å². The Morgan fingerprint density at radius 3 is 1.87 bits per heavy atom. The van der Waals surface area contributed by atoms with Gasteiger partial charge in [-0.05, 0) is 17.0 Å². The molecule has 0 aliphatic carbocycles.